The third-order valence-electron chi connectivity index (χ3n) is 3.62. The lowest BCUT2D eigenvalue weighted by Crippen LogP contribution is -2.24. The summed E-state index contributed by atoms with van der Waals surface area (Å²) in [5.41, 5.74) is 1.92. The minimum Gasteiger partial charge on any atom is -0.326 e. The van der Waals surface area contributed by atoms with Crippen LogP contribution in [0, 0.1) is 0 Å². The molecule has 0 heterocycles. The van der Waals surface area contributed by atoms with E-state index in [0.29, 0.717) is 27.8 Å². The lowest BCUT2D eigenvalue weighted by molar-refractivity contribution is -0.116. The third kappa shape index (κ3) is 5.63. The van der Waals surface area contributed by atoms with Crippen molar-refractivity contribution in [1.82, 2.24) is 0 Å². The van der Waals surface area contributed by atoms with E-state index in [1.165, 1.54) is 7.05 Å². The molecule has 0 aliphatic carbocycles. The Bertz CT molecular complexity index is 885. The van der Waals surface area contributed by atoms with Gasteiger partial charge < -0.3 is 5.32 Å². The standard InChI is InChI=1S/C17H18Cl2N2O3S/c1-21(25(2,23)24)14-5-3-4-13(11-14)20-17(22)9-7-12-6-8-15(18)16(19)10-12/h3-6,8,10-11H,7,9H2,1-2H3,(H,20,22). The lowest BCUT2D eigenvalue weighted by atomic mass is 10.1. The highest BCUT2D eigenvalue weighted by atomic mass is 35.5. The summed E-state index contributed by atoms with van der Waals surface area (Å²) in [4.78, 5) is 12.1. The van der Waals surface area contributed by atoms with E-state index in [1.54, 1.807) is 36.4 Å². The quantitative estimate of drug-likeness (QED) is 0.797. The number of anilines is 2. The SMILES string of the molecule is CN(c1cccc(NC(=O)CCc2ccc(Cl)c(Cl)c2)c1)S(C)(=O)=O. The number of carbonyl (C=O) groups excluding carboxylic acids is 1. The fraction of sp³-hybridized carbons (Fsp3) is 0.235. The Hall–Kier alpha value is -1.76. The zero-order valence-electron chi connectivity index (χ0n) is 13.8. The van der Waals surface area contributed by atoms with Crippen molar-refractivity contribution in [2.45, 2.75) is 12.8 Å². The van der Waals surface area contributed by atoms with Crippen LogP contribution in [-0.2, 0) is 21.2 Å². The highest BCUT2D eigenvalue weighted by Crippen LogP contribution is 2.23. The molecule has 8 heteroatoms. The maximum Gasteiger partial charge on any atom is 0.231 e. The third-order valence-corrected chi connectivity index (χ3v) is 5.56. The highest BCUT2D eigenvalue weighted by Gasteiger charge is 2.12. The number of benzene rings is 2. The van der Waals surface area contributed by atoms with Gasteiger partial charge in [-0.15, -0.1) is 0 Å². The van der Waals surface area contributed by atoms with E-state index < -0.39 is 10.0 Å². The van der Waals surface area contributed by atoms with E-state index in [1.807, 2.05) is 6.07 Å². The fourth-order valence-corrected chi connectivity index (χ4v) is 2.96. The van der Waals surface area contributed by atoms with Crippen molar-refractivity contribution in [2.75, 3.05) is 22.9 Å². The molecule has 0 fully saturated rings. The number of hydrogen-bond acceptors (Lipinski definition) is 3. The second-order valence-electron chi connectivity index (χ2n) is 5.58. The summed E-state index contributed by atoms with van der Waals surface area (Å²) in [5, 5.41) is 3.69. The molecule has 0 bridgehead atoms. The van der Waals surface area contributed by atoms with E-state index in [2.05, 4.69) is 5.32 Å². The second-order valence-corrected chi connectivity index (χ2v) is 8.41. The van der Waals surface area contributed by atoms with Crippen LogP contribution in [0.2, 0.25) is 10.0 Å². The van der Waals surface area contributed by atoms with Crippen LogP contribution < -0.4 is 9.62 Å². The van der Waals surface area contributed by atoms with Gasteiger partial charge in [-0.05, 0) is 42.3 Å². The van der Waals surface area contributed by atoms with Crippen LogP contribution in [0.5, 0.6) is 0 Å². The average molecular weight is 401 g/mol. The van der Waals surface area contributed by atoms with Gasteiger partial charge in [0.05, 0.1) is 22.0 Å². The van der Waals surface area contributed by atoms with Crippen molar-refractivity contribution in [3.8, 4) is 0 Å². The van der Waals surface area contributed by atoms with Gasteiger partial charge in [0, 0.05) is 19.2 Å². The van der Waals surface area contributed by atoms with Gasteiger partial charge in [-0.3, -0.25) is 9.10 Å². The van der Waals surface area contributed by atoms with E-state index >= 15 is 0 Å². The number of nitrogens with zero attached hydrogens (tertiary/aromatic N) is 1. The van der Waals surface area contributed by atoms with Gasteiger partial charge in [0.1, 0.15) is 0 Å². The first-order valence-electron chi connectivity index (χ1n) is 7.44. The van der Waals surface area contributed by atoms with Crippen LogP contribution >= 0.6 is 23.2 Å². The van der Waals surface area contributed by atoms with Crippen molar-refractivity contribution in [3.05, 3.63) is 58.1 Å². The Balaban J connectivity index is 1.99. The molecule has 0 atom stereocenters. The van der Waals surface area contributed by atoms with Gasteiger partial charge in [0.15, 0.2) is 0 Å². The molecular weight excluding hydrogens is 383 g/mol. The number of nitrogens with one attached hydrogen (secondary N) is 1. The number of sulfonamides is 1. The zero-order valence-corrected chi connectivity index (χ0v) is 16.1. The molecule has 25 heavy (non-hydrogen) atoms. The molecule has 2 rings (SSSR count). The largest absolute Gasteiger partial charge is 0.326 e. The lowest BCUT2D eigenvalue weighted by Gasteiger charge is -2.17. The number of aryl methyl sites for hydroxylation is 1. The summed E-state index contributed by atoms with van der Waals surface area (Å²) in [6.07, 6.45) is 1.91. The van der Waals surface area contributed by atoms with Gasteiger partial charge in [-0.2, -0.15) is 0 Å². The second kappa shape index (κ2) is 8.08. The summed E-state index contributed by atoms with van der Waals surface area (Å²) in [5.74, 6) is -0.176. The molecule has 2 aromatic carbocycles. The Morgan fingerprint density at radius 3 is 2.48 bits per heavy atom. The Morgan fingerprint density at radius 1 is 1.12 bits per heavy atom. The molecule has 1 N–H and O–H groups in total. The predicted octanol–water partition coefficient (Wildman–Crippen LogP) is 3.96. The van der Waals surface area contributed by atoms with E-state index in [9.17, 15) is 13.2 Å². The monoisotopic (exact) mass is 400 g/mol. The predicted molar refractivity (Wildman–Crippen MR) is 103 cm³/mol. The molecule has 1 amide bonds. The first-order chi connectivity index (χ1) is 11.7. The molecule has 0 spiro atoms. The molecule has 0 aliphatic heterocycles. The van der Waals surface area contributed by atoms with Crippen molar-refractivity contribution in [1.29, 1.82) is 0 Å². The summed E-state index contributed by atoms with van der Waals surface area (Å²) >= 11 is 11.8. The Kier molecular flexibility index (Phi) is 6.32. The van der Waals surface area contributed by atoms with Gasteiger partial charge in [0.2, 0.25) is 15.9 Å². The van der Waals surface area contributed by atoms with Crippen LogP contribution in [0.25, 0.3) is 0 Å². The summed E-state index contributed by atoms with van der Waals surface area (Å²) in [6.45, 7) is 0. The number of hydrogen-bond donors (Lipinski definition) is 1. The van der Waals surface area contributed by atoms with Crippen LogP contribution in [0.1, 0.15) is 12.0 Å². The first-order valence-corrected chi connectivity index (χ1v) is 10.0. The van der Waals surface area contributed by atoms with E-state index in [0.717, 1.165) is 16.1 Å². The summed E-state index contributed by atoms with van der Waals surface area (Å²) in [6, 6.07) is 11.9. The average Bonchev–Trinajstić information content (AvgIpc) is 2.54. The summed E-state index contributed by atoms with van der Waals surface area (Å²) < 4.78 is 24.3. The van der Waals surface area contributed by atoms with Crippen LogP contribution in [0.3, 0.4) is 0 Å². The van der Waals surface area contributed by atoms with Crippen LogP contribution in [0.15, 0.2) is 42.5 Å². The molecule has 0 radical (unpaired) electrons. The van der Waals surface area contributed by atoms with E-state index in [4.69, 9.17) is 23.2 Å². The molecule has 0 aliphatic rings. The highest BCUT2D eigenvalue weighted by molar-refractivity contribution is 7.92. The van der Waals surface area contributed by atoms with Crippen LogP contribution in [-0.4, -0.2) is 27.6 Å². The van der Waals surface area contributed by atoms with Crippen molar-refractivity contribution in [2.24, 2.45) is 0 Å². The minimum atomic E-state index is -3.36. The van der Waals surface area contributed by atoms with Gasteiger partial charge in [0.25, 0.3) is 0 Å². The fourth-order valence-electron chi connectivity index (χ4n) is 2.15. The molecule has 0 unspecified atom stereocenters. The number of carbonyl (C=O) groups is 1. The smallest absolute Gasteiger partial charge is 0.231 e. The maximum atomic E-state index is 12.1. The van der Waals surface area contributed by atoms with Gasteiger partial charge >= 0.3 is 0 Å². The normalized spacial score (nSPS) is 11.2. The Labute approximate surface area is 157 Å². The molecular formula is C17H18Cl2N2O3S. The van der Waals surface area contributed by atoms with E-state index in [-0.39, 0.29) is 12.3 Å². The van der Waals surface area contributed by atoms with Gasteiger partial charge in [-0.25, -0.2) is 8.42 Å². The molecule has 134 valence electrons. The van der Waals surface area contributed by atoms with Crippen molar-refractivity contribution < 1.29 is 13.2 Å². The molecule has 0 saturated carbocycles. The topological polar surface area (TPSA) is 66.5 Å². The maximum absolute atomic E-state index is 12.1. The molecule has 5 nitrogen and oxygen atoms in total. The van der Waals surface area contributed by atoms with Crippen LogP contribution in [0.4, 0.5) is 11.4 Å². The zero-order chi connectivity index (χ0) is 18.6. The van der Waals surface area contributed by atoms with Crippen molar-refractivity contribution >= 4 is 50.5 Å². The molecule has 0 saturated heterocycles. The summed E-state index contributed by atoms with van der Waals surface area (Å²) in [7, 11) is -1.90. The number of amides is 1. The van der Waals surface area contributed by atoms with Crippen molar-refractivity contribution in [3.63, 3.8) is 0 Å². The number of halogens is 2. The first kappa shape index (κ1) is 19.6. The minimum absolute atomic E-state index is 0.176. The van der Waals surface area contributed by atoms with Gasteiger partial charge in [-0.1, -0.05) is 35.3 Å². The Morgan fingerprint density at radius 2 is 1.84 bits per heavy atom. The number of rotatable bonds is 6. The molecule has 2 aromatic rings. The molecule has 0 aromatic heterocycles.